The fraction of sp³-hybridized carbons (Fsp3) is 0.0769. The first kappa shape index (κ1) is 39.6. The van der Waals surface area contributed by atoms with E-state index in [0.29, 0.717) is 0 Å². The Bertz CT molecular complexity index is 4180. The molecule has 13 aromatic rings. The quantitative estimate of drug-likeness (QED) is 0.142. The average molecular weight is 887 g/mol. The predicted octanol–water partition coefficient (Wildman–Crippen LogP) is 19.0. The van der Waals surface area contributed by atoms with E-state index in [1.807, 2.05) is 12.1 Å². The largest absolute Gasteiger partial charge is 0.454 e. The molecular weight excluding hydrogens is 841 g/mol. The lowest BCUT2D eigenvalue weighted by Crippen LogP contribution is -2.30. The van der Waals surface area contributed by atoms with Crippen LogP contribution in [0.5, 0.6) is 0 Å². The van der Waals surface area contributed by atoms with Crippen molar-refractivity contribution in [1.82, 2.24) is 0 Å². The maximum absolute atomic E-state index is 6.77. The molecule has 0 atom stereocenters. The van der Waals surface area contributed by atoms with Crippen molar-refractivity contribution in [3.8, 4) is 11.1 Å². The fourth-order valence-corrected chi connectivity index (χ4v) is 12.1. The van der Waals surface area contributed by atoms with Crippen LogP contribution in [0.3, 0.4) is 0 Å². The van der Waals surface area contributed by atoms with Crippen molar-refractivity contribution in [2.24, 2.45) is 0 Å². The first-order valence-corrected chi connectivity index (χ1v) is 24.2. The highest BCUT2D eigenvalue weighted by Gasteiger charge is 2.40. The molecular formula is C65H46N2O2. The van der Waals surface area contributed by atoms with Gasteiger partial charge in [-0.25, -0.2) is 0 Å². The zero-order chi connectivity index (χ0) is 45.8. The zero-order valence-corrected chi connectivity index (χ0v) is 38.4. The molecule has 0 fully saturated rings. The minimum Gasteiger partial charge on any atom is -0.454 e. The Labute approximate surface area is 399 Å². The smallest absolute Gasteiger partial charge is 0.159 e. The van der Waals surface area contributed by atoms with Crippen molar-refractivity contribution in [2.45, 2.75) is 32.1 Å². The van der Waals surface area contributed by atoms with Gasteiger partial charge in [-0.05, 0) is 135 Å². The number of rotatable bonds is 8. The Morgan fingerprint density at radius 2 is 0.841 bits per heavy atom. The van der Waals surface area contributed by atoms with Gasteiger partial charge in [0.25, 0.3) is 0 Å². The van der Waals surface area contributed by atoms with Gasteiger partial charge in [0.15, 0.2) is 11.2 Å². The maximum Gasteiger partial charge on any atom is 0.159 e. The molecule has 2 heterocycles. The Morgan fingerprint density at radius 1 is 0.333 bits per heavy atom. The lowest BCUT2D eigenvalue weighted by atomic mass is 9.63. The summed E-state index contributed by atoms with van der Waals surface area (Å²) < 4.78 is 13.5. The van der Waals surface area contributed by atoms with Crippen molar-refractivity contribution in [1.29, 1.82) is 0 Å². The molecule has 0 saturated heterocycles. The molecule has 4 heteroatoms. The first-order chi connectivity index (χ1) is 34.1. The van der Waals surface area contributed by atoms with Gasteiger partial charge in [0.2, 0.25) is 0 Å². The fourth-order valence-electron chi connectivity index (χ4n) is 12.1. The van der Waals surface area contributed by atoms with Crippen LogP contribution in [0.2, 0.25) is 0 Å². The van der Waals surface area contributed by atoms with E-state index in [0.717, 1.165) is 90.8 Å². The van der Waals surface area contributed by atoms with E-state index in [9.17, 15) is 0 Å². The standard InChI is InChI=1S/C65H46N2O2/c1-3-65(4-2)55-31-17-28-49-53-40-59(67(42-22-9-6-10-23-42)58-33-19-30-51-48-27-14-16-35-61(48)69-64(51)58)46-25-12-11-24-44(46)52(53)39-54(62(49)55)45-37-36-43(38-56(45)65)66(41-20-7-5-8-21-41)57-32-18-29-50-47-26-13-15-34-60(47)68-63(50)57/h5-40H,3-4H2,1-2H3. The van der Waals surface area contributed by atoms with Crippen molar-refractivity contribution < 1.29 is 8.83 Å². The topological polar surface area (TPSA) is 32.8 Å². The van der Waals surface area contributed by atoms with E-state index in [1.165, 1.54) is 54.6 Å². The number of benzene rings is 11. The molecule has 69 heavy (non-hydrogen) atoms. The highest BCUT2D eigenvalue weighted by molar-refractivity contribution is 6.26. The van der Waals surface area contributed by atoms with Gasteiger partial charge in [-0.2, -0.15) is 0 Å². The van der Waals surface area contributed by atoms with Gasteiger partial charge in [-0.1, -0.05) is 159 Å². The van der Waals surface area contributed by atoms with Gasteiger partial charge in [0.05, 0.1) is 17.1 Å². The van der Waals surface area contributed by atoms with Crippen LogP contribution in [0.15, 0.2) is 227 Å². The summed E-state index contributed by atoms with van der Waals surface area (Å²) in [6, 6.07) is 79.4. The molecule has 0 amide bonds. The van der Waals surface area contributed by atoms with E-state index >= 15 is 0 Å². The SMILES string of the molecule is CCC1(CC)c2cc(N(c3ccccc3)c3cccc4c3oc3ccccc34)ccc2-c2cc3c4ccccc4c(N(c4ccccc4)c4cccc5c4oc4ccccc45)cc3c3cccc1c23. The molecule has 4 nitrogen and oxygen atoms in total. The maximum atomic E-state index is 6.77. The molecule has 0 N–H and O–H groups in total. The molecule has 14 rings (SSSR count). The average Bonchev–Trinajstić information content (AvgIpc) is 4.00. The van der Waals surface area contributed by atoms with Gasteiger partial charge in [-0.15, -0.1) is 0 Å². The summed E-state index contributed by atoms with van der Waals surface area (Å²) in [6.45, 7) is 4.74. The van der Waals surface area contributed by atoms with Gasteiger partial charge < -0.3 is 18.6 Å². The second-order valence-electron chi connectivity index (χ2n) is 18.6. The molecule has 0 spiro atoms. The van der Waals surface area contributed by atoms with Crippen LogP contribution in [0, 0.1) is 0 Å². The Balaban J connectivity index is 1.03. The van der Waals surface area contributed by atoms with E-state index < -0.39 is 0 Å². The molecule has 328 valence electrons. The minimum absolute atomic E-state index is 0.244. The van der Waals surface area contributed by atoms with Gasteiger partial charge in [0, 0.05) is 49.4 Å². The second-order valence-corrected chi connectivity index (χ2v) is 18.6. The predicted molar refractivity (Wildman–Crippen MR) is 290 cm³/mol. The molecule has 0 radical (unpaired) electrons. The molecule has 1 aliphatic carbocycles. The Morgan fingerprint density at radius 3 is 1.48 bits per heavy atom. The second kappa shape index (κ2) is 15.2. The van der Waals surface area contributed by atoms with Crippen LogP contribution in [-0.4, -0.2) is 0 Å². The third-order valence-corrected chi connectivity index (χ3v) is 15.3. The van der Waals surface area contributed by atoms with Gasteiger partial charge in [0.1, 0.15) is 11.2 Å². The summed E-state index contributed by atoms with van der Waals surface area (Å²) in [5, 5.41) is 11.9. The van der Waals surface area contributed by atoms with E-state index in [2.05, 4.69) is 230 Å². The number of furan rings is 2. The number of nitrogens with zero attached hydrogens (tertiary/aromatic N) is 2. The first-order valence-electron chi connectivity index (χ1n) is 24.2. The molecule has 0 bridgehead atoms. The van der Waals surface area contributed by atoms with Gasteiger partial charge >= 0.3 is 0 Å². The summed E-state index contributed by atoms with van der Waals surface area (Å²) in [6.07, 6.45) is 1.90. The normalized spacial score (nSPS) is 13.0. The summed E-state index contributed by atoms with van der Waals surface area (Å²) in [5.74, 6) is 0. The molecule has 11 aromatic carbocycles. The Hall–Kier alpha value is -8.60. The Kier molecular flexibility index (Phi) is 8.72. The van der Waals surface area contributed by atoms with Crippen molar-refractivity contribution in [3.05, 3.63) is 230 Å². The monoisotopic (exact) mass is 886 g/mol. The summed E-state index contributed by atoms with van der Waals surface area (Å²) in [7, 11) is 0. The van der Waals surface area contributed by atoms with Crippen LogP contribution in [0.1, 0.15) is 37.8 Å². The van der Waals surface area contributed by atoms with Crippen LogP contribution in [-0.2, 0) is 5.41 Å². The van der Waals surface area contributed by atoms with Crippen LogP contribution in [0.4, 0.5) is 34.1 Å². The van der Waals surface area contributed by atoms with E-state index in [4.69, 9.17) is 8.83 Å². The lowest BCUT2D eigenvalue weighted by molar-refractivity contribution is 0.481. The highest BCUT2D eigenvalue weighted by Crippen LogP contribution is 2.56. The van der Waals surface area contributed by atoms with Crippen LogP contribution in [0.25, 0.3) is 87.3 Å². The van der Waals surface area contributed by atoms with Crippen molar-refractivity contribution in [2.75, 3.05) is 9.80 Å². The van der Waals surface area contributed by atoms with E-state index in [-0.39, 0.29) is 5.41 Å². The number of fused-ring (bicyclic) bond motifs is 12. The molecule has 0 saturated carbocycles. The molecule has 0 aliphatic heterocycles. The number of hydrogen-bond donors (Lipinski definition) is 0. The van der Waals surface area contributed by atoms with Crippen molar-refractivity contribution in [3.63, 3.8) is 0 Å². The van der Waals surface area contributed by atoms with Crippen molar-refractivity contribution >= 4 is 110 Å². The molecule has 0 unspecified atom stereocenters. The third-order valence-electron chi connectivity index (χ3n) is 15.3. The van der Waals surface area contributed by atoms with Crippen LogP contribution >= 0.6 is 0 Å². The minimum atomic E-state index is -0.244. The van der Waals surface area contributed by atoms with E-state index in [1.54, 1.807) is 0 Å². The third kappa shape index (κ3) is 5.69. The lowest BCUT2D eigenvalue weighted by Gasteiger charge is -2.41. The molecule has 1 aliphatic rings. The van der Waals surface area contributed by atoms with Crippen LogP contribution < -0.4 is 9.80 Å². The summed E-state index contributed by atoms with van der Waals surface area (Å²) in [4.78, 5) is 4.79. The summed E-state index contributed by atoms with van der Waals surface area (Å²) in [5.41, 5.74) is 15.0. The number of hydrogen-bond acceptors (Lipinski definition) is 4. The summed E-state index contributed by atoms with van der Waals surface area (Å²) >= 11 is 0. The highest BCUT2D eigenvalue weighted by atomic mass is 16.3. The molecule has 2 aromatic heterocycles. The number of para-hydroxylation sites is 6. The zero-order valence-electron chi connectivity index (χ0n) is 38.4. The number of anilines is 6. The van der Waals surface area contributed by atoms with Gasteiger partial charge in [-0.3, -0.25) is 0 Å².